The summed E-state index contributed by atoms with van der Waals surface area (Å²) in [6.45, 7) is 4.92. The standard InChI is InChI=1S/C11H20N4O/c1-8(2)4-9(5-12)14-10-6-13-7-11(15-10)16-3/h6-9H,4-5,12H2,1-3H3,(H,14,15). The summed E-state index contributed by atoms with van der Waals surface area (Å²) in [5.41, 5.74) is 5.70. The van der Waals surface area contributed by atoms with E-state index >= 15 is 0 Å². The lowest BCUT2D eigenvalue weighted by molar-refractivity contribution is 0.396. The van der Waals surface area contributed by atoms with Gasteiger partial charge in [0.1, 0.15) is 5.82 Å². The van der Waals surface area contributed by atoms with Crippen LogP contribution in [0.2, 0.25) is 0 Å². The Morgan fingerprint density at radius 3 is 2.75 bits per heavy atom. The van der Waals surface area contributed by atoms with E-state index in [1.54, 1.807) is 19.5 Å². The Kier molecular flexibility index (Phi) is 4.98. The summed E-state index contributed by atoms with van der Waals surface area (Å²) < 4.78 is 5.01. The number of rotatable bonds is 6. The van der Waals surface area contributed by atoms with Gasteiger partial charge in [-0.15, -0.1) is 0 Å². The second-order valence-electron chi connectivity index (χ2n) is 4.15. The van der Waals surface area contributed by atoms with Crippen LogP contribution in [0.4, 0.5) is 5.82 Å². The normalized spacial score (nSPS) is 12.6. The molecule has 0 spiro atoms. The maximum Gasteiger partial charge on any atom is 0.233 e. The van der Waals surface area contributed by atoms with Gasteiger partial charge in [0.05, 0.1) is 19.5 Å². The summed E-state index contributed by atoms with van der Waals surface area (Å²) in [4.78, 5) is 8.27. The number of nitrogens with zero attached hydrogens (tertiary/aromatic N) is 2. The topological polar surface area (TPSA) is 73.1 Å². The van der Waals surface area contributed by atoms with Gasteiger partial charge >= 0.3 is 0 Å². The lowest BCUT2D eigenvalue weighted by Gasteiger charge is -2.19. The third-order valence-electron chi connectivity index (χ3n) is 2.21. The number of nitrogens with two attached hydrogens (primary N) is 1. The smallest absolute Gasteiger partial charge is 0.233 e. The van der Waals surface area contributed by atoms with Crippen LogP contribution in [0.25, 0.3) is 0 Å². The van der Waals surface area contributed by atoms with E-state index < -0.39 is 0 Å². The molecule has 5 nitrogen and oxygen atoms in total. The number of anilines is 1. The first kappa shape index (κ1) is 12.7. The second kappa shape index (κ2) is 6.27. The van der Waals surface area contributed by atoms with Gasteiger partial charge in [-0.05, 0) is 12.3 Å². The molecule has 1 atom stereocenters. The van der Waals surface area contributed by atoms with Gasteiger partial charge in [-0.1, -0.05) is 13.8 Å². The third-order valence-corrected chi connectivity index (χ3v) is 2.21. The van der Waals surface area contributed by atoms with E-state index in [4.69, 9.17) is 10.5 Å². The fraction of sp³-hybridized carbons (Fsp3) is 0.636. The molecule has 5 heteroatoms. The highest BCUT2D eigenvalue weighted by molar-refractivity contribution is 5.34. The monoisotopic (exact) mass is 224 g/mol. The van der Waals surface area contributed by atoms with Crippen molar-refractivity contribution in [3.63, 3.8) is 0 Å². The van der Waals surface area contributed by atoms with E-state index in [9.17, 15) is 0 Å². The minimum atomic E-state index is 0.224. The molecule has 0 fully saturated rings. The van der Waals surface area contributed by atoms with Gasteiger partial charge in [0.25, 0.3) is 0 Å². The number of hydrogen-bond acceptors (Lipinski definition) is 5. The summed E-state index contributed by atoms with van der Waals surface area (Å²) in [5, 5.41) is 3.26. The van der Waals surface area contributed by atoms with Crippen LogP contribution in [-0.4, -0.2) is 29.7 Å². The Bertz CT molecular complexity index is 317. The van der Waals surface area contributed by atoms with Crippen LogP contribution >= 0.6 is 0 Å². The average molecular weight is 224 g/mol. The van der Waals surface area contributed by atoms with Gasteiger partial charge in [0.15, 0.2) is 0 Å². The second-order valence-corrected chi connectivity index (χ2v) is 4.15. The zero-order valence-electron chi connectivity index (χ0n) is 10.1. The zero-order valence-corrected chi connectivity index (χ0v) is 10.1. The maximum absolute atomic E-state index is 5.70. The highest BCUT2D eigenvalue weighted by Crippen LogP contribution is 2.12. The molecule has 0 bridgehead atoms. The zero-order chi connectivity index (χ0) is 12.0. The molecule has 0 aliphatic rings. The van der Waals surface area contributed by atoms with Crippen molar-refractivity contribution in [2.24, 2.45) is 11.7 Å². The number of nitrogens with one attached hydrogen (secondary N) is 1. The van der Waals surface area contributed by atoms with Crippen LogP contribution in [0.1, 0.15) is 20.3 Å². The van der Waals surface area contributed by atoms with Crippen LogP contribution in [-0.2, 0) is 0 Å². The summed E-state index contributed by atoms with van der Waals surface area (Å²) in [7, 11) is 1.57. The molecular formula is C11H20N4O. The molecule has 0 aliphatic heterocycles. The van der Waals surface area contributed by atoms with Crippen molar-refractivity contribution in [1.29, 1.82) is 0 Å². The van der Waals surface area contributed by atoms with Crippen molar-refractivity contribution < 1.29 is 4.74 Å². The molecule has 3 N–H and O–H groups in total. The number of ether oxygens (including phenoxy) is 1. The number of hydrogen-bond donors (Lipinski definition) is 2. The molecule has 16 heavy (non-hydrogen) atoms. The Morgan fingerprint density at radius 2 is 2.19 bits per heavy atom. The van der Waals surface area contributed by atoms with Crippen LogP contribution in [0.3, 0.4) is 0 Å². The third kappa shape index (κ3) is 4.02. The van der Waals surface area contributed by atoms with Crippen LogP contribution in [0.15, 0.2) is 12.4 Å². The minimum absolute atomic E-state index is 0.224. The summed E-state index contributed by atoms with van der Waals surface area (Å²) >= 11 is 0. The Hall–Kier alpha value is -1.36. The molecule has 1 heterocycles. The Balaban J connectivity index is 2.62. The first-order valence-corrected chi connectivity index (χ1v) is 5.48. The van der Waals surface area contributed by atoms with Gasteiger partial charge in [-0.2, -0.15) is 4.98 Å². The lowest BCUT2D eigenvalue weighted by atomic mass is 10.0. The predicted molar refractivity (Wildman–Crippen MR) is 64.5 cm³/mol. The van der Waals surface area contributed by atoms with Crippen LogP contribution < -0.4 is 15.8 Å². The first-order chi connectivity index (χ1) is 7.65. The molecule has 1 rings (SSSR count). The molecule has 1 aromatic rings. The Morgan fingerprint density at radius 1 is 1.44 bits per heavy atom. The molecule has 0 saturated carbocycles. The summed E-state index contributed by atoms with van der Waals surface area (Å²) in [6.07, 6.45) is 4.26. The molecule has 0 saturated heterocycles. The molecule has 0 radical (unpaired) electrons. The van der Waals surface area contributed by atoms with Crippen molar-refractivity contribution >= 4 is 5.82 Å². The quantitative estimate of drug-likeness (QED) is 0.761. The van der Waals surface area contributed by atoms with E-state index in [1.807, 2.05) is 0 Å². The molecule has 0 aromatic carbocycles. The van der Waals surface area contributed by atoms with Crippen molar-refractivity contribution in [2.75, 3.05) is 19.0 Å². The van der Waals surface area contributed by atoms with E-state index in [-0.39, 0.29) is 6.04 Å². The van der Waals surface area contributed by atoms with Crippen LogP contribution in [0, 0.1) is 5.92 Å². The van der Waals surface area contributed by atoms with E-state index in [1.165, 1.54) is 0 Å². The van der Waals surface area contributed by atoms with Crippen molar-refractivity contribution in [2.45, 2.75) is 26.3 Å². The van der Waals surface area contributed by atoms with Crippen molar-refractivity contribution in [3.8, 4) is 5.88 Å². The SMILES string of the molecule is COc1cncc(NC(CN)CC(C)C)n1. The van der Waals surface area contributed by atoms with Gasteiger partial charge < -0.3 is 15.8 Å². The molecule has 1 aromatic heterocycles. The fourth-order valence-electron chi connectivity index (χ4n) is 1.51. The largest absolute Gasteiger partial charge is 0.480 e. The van der Waals surface area contributed by atoms with Gasteiger partial charge in [-0.25, -0.2) is 0 Å². The highest BCUT2D eigenvalue weighted by atomic mass is 16.5. The van der Waals surface area contributed by atoms with Crippen molar-refractivity contribution in [3.05, 3.63) is 12.4 Å². The maximum atomic E-state index is 5.70. The fourth-order valence-corrected chi connectivity index (χ4v) is 1.51. The Labute approximate surface area is 96.4 Å². The van der Waals surface area contributed by atoms with Crippen LogP contribution in [0.5, 0.6) is 5.88 Å². The highest BCUT2D eigenvalue weighted by Gasteiger charge is 2.09. The molecule has 0 aliphatic carbocycles. The number of methoxy groups -OCH3 is 1. The molecule has 90 valence electrons. The summed E-state index contributed by atoms with van der Waals surface area (Å²) in [5.74, 6) is 1.81. The van der Waals surface area contributed by atoms with E-state index in [2.05, 4.69) is 29.1 Å². The first-order valence-electron chi connectivity index (χ1n) is 5.48. The summed E-state index contributed by atoms with van der Waals surface area (Å²) in [6, 6.07) is 0.224. The minimum Gasteiger partial charge on any atom is -0.480 e. The molecule has 1 unspecified atom stereocenters. The molecular weight excluding hydrogens is 204 g/mol. The van der Waals surface area contributed by atoms with Crippen molar-refractivity contribution in [1.82, 2.24) is 9.97 Å². The average Bonchev–Trinajstić information content (AvgIpc) is 2.28. The van der Waals surface area contributed by atoms with E-state index in [0.29, 0.717) is 24.2 Å². The van der Waals surface area contributed by atoms with Gasteiger partial charge in [0.2, 0.25) is 5.88 Å². The lowest BCUT2D eigenvalue weighted by Crippen LogP contribution is -2.30. The van der Waals surface area contributed by atoms with Gasteiger partial charge in [-0.3, -0.25) is 4.98 Å². The van der Waals surface area contributed by atoms with Gasteiger partial charge in [0, 0.05) is 12.6 Å². The predicted octanol–water partition coefficient (Wildman–Crippen LogP) is 1.27. The number of aromatic nitrogens is 2. The van der Waals surface area contributed by atoms with E-state index in [0.717, 1.165) is 6.42 Å². The molecule has 0 amide bonds.